The molecular weight excluding hydrogens is 406 g/mol. The molecule has 2 N–H and O–H groups in total. The molecule has 3 heterocycles. The summed E-state index contributed by atoms with van der Waals surface area (Å²) in [6, 6.07) is 7.32. The standard InChI is InChI=1S/C21H26ClN5O3/c22-17-3-1-15(2-4-17)20-24-18(30-25-20)13-26-9-5-16(6-10-26)21(29)27-11-7-14(8-12-27)19(23)28/h1-4,14,16H,5-13H2,(H2,23,28). The predicted octanol–water partition coefficient (Wildman–Crippen LogP) is 2.33. The number of likely N-dealkylation sites (tertiary alicyclic amines) is 2. The molecule has 30 heavy (non-hydrogen) atoms. The number of rotatable bonds is 5. The fraction of sp³-hybridized carbons (Fsp3) is 0.524. The molecule has 4 rings (SSSR count). The molecule has 2 fully saturated rings. The maximum absolute atomic E-state index is 12.8. The SMILES string of the molecule is NC(=O)C1CCN(C(=O)C2CCN(Cc3nc(-c4ccc(Cl)cc4)no3)CC2)CC1. The first-order valence-electron chi connectivity index (χ1n) is 10.4. The first-order chi connectivity index (χ1) is 14.5. The van der Waals surface area contributed by atoms with Crippen LogP contribution in [0.1, 0.15) is 31.6 Å². The molecular formula is C21H26ClN5O3. The van der Waals surface area contributed by atoms with Crippen LogP contribution in [0.4, 0.5) is 0 Å². The summed E-state index contributed by atoms with van der Waals surface area (Å²) in [6.07, 6.45) is 2.97. The van der Waals surface area contributed by atoms with Crippen molar-refractivity contribution in [3.05, 3.63) is 35.2 Å². The van der Waals surface area contributed by atoms with E-state index >= 15 is 0 Å². The summed E-state index contributed by atoms with van der Waals surface area (Å²) in [5.74, 6) is 1.02. The lowest BCUT2D eigenvalue weighted by molar-refractivity contribution is -0.140. The second-order valence-corrected chi connectivity index (χ2v) is 8.51. The van der Waals surface area contributed by atoms with Gasteiger partial charge in [0.15, 0.2) is 0 Å². The van der Waals surface area contributed by atoms with Crippen molar-refractivity contribution in [2.24, 2.45) is 17.6 Å². The van der Waals surface area contributed by atoms with Gasteiger partial charge in [0.05, 0.1) is 6.54 Å². The van der Waals surface area contributed by atoms with Crippen molar-refractivity contribution >= 4 is 23.4 Å². The maximum Gasteiger partial charge on any atom is 0.241 e. The van der Waals surface area contributed by atoms with E-state index in [-0.39, 0.29) is 23.7 Å². The largest absolute Gasteiger partial charge is 0.369 e. The number of amides is 2. The number of carbonyl (C=O) groups is 2. The van der Waals surface area contributed by atoms with E-state index in [2.05, 4.69) is 15.0 Å². The van der Waals surface area contributed by atoms with E-state index in [9.17, 15) is 9.59 Å². The van der Waals surface area contributed by atoms with Crippen molar-refractivity contribution in [1.29, 1.82) is 0 Å². The average Bonchev–Trinajstić information content (AvgIpc) is 3.23. The Morgan fingerprint density at radius 3 is 2.30 bits per heavy atom. The number of halogens is 1. The highest BCUT2D eigenvalue weighted by atomic mass is 35.5. The molecule has 2 aromatic rings. The van der Waals surface area contributed by atoms with Gasteiger partial charge in [0.2, 0.25) is 23.5 Å². The summed E-state index contributed by atoms with van der Waals surface area (Å²) in [7, 11) is 0. The third-order valence-corrected chi connectivity index (χ3v) is 6.33. The van der Waals surface area contributed by atoms with E-state index in [1.807, 2.05) is 17.0 Å². The van der Waals surface area contributed by atoms with Gasteiger partial charge in [-0.3, -0.25) is 14.5 Å². The average molecular weight is 432 g/mol. The Balaban J connectivity index is 1.25. The Kier molecular flexibility index (Phi) is 6.34. The second-order valence-electron chi connectivity index (χ2n) is 8.07. The number of piperidine rings is 2. The number of benzene rings is 1. The lowest BCUT2D eigenvalue weighted by Gasteiger charge is -2.36. The summed E-state index contributed by atoms with van der Waals surface area (Å²) in [5, 5.41) is 4.72. The maximum atomic E-state index is 12.8. The lowest BCUT2D eigenvalue weighted by Crippen LogP contribution is -2.46. The number of nitrogens with zero attached hydrogens (tertiary/aromatic N) is 4. The molecule has 0 aliphatic carbocycles. The Morgan fingerprint density at radius 2 is 1.67 bits per heavy atom. The molecule has 1 aromatic carbocycles. The van der Waals surface area contributed by atoms with Crippen LogP contribution in [0.5, 0.6) is 0 Å². The van der Waals surface area contributed by atoms with Crippen molar-refractivity contribution in [3.8, 4) is 11.4 Å². The molecule has 0 atom stereocenters. The Morgan fingerprint density at radius 1 is 1.03 bits per heavy atom. The van der Waals surface area contributed by atoms with Gasteiger partial charge in [-0.2, -0.15) is 4.98 Å². The van der Waals surface area contributed by atoms with Gasteiger partial charge in [-0.05, 0) is 63.0 Å². The van der Waals surface area contributed by atoms with Crippen LogP contribution in [0, 0.1) is 11.8 Å². The molecule has 0 spiro atoms. The van der Waals surface area contributed by atoms with Crippen LogP contribution >= 0.6 is 11.6 Å². The fourth-order valence-corrected chi connectivity index (χ4v) is 4.33. The van der Waals surface area contributed by atoms with Crippen LogP contribution in [0.25, 0.3) is 11.4 Å². The van der Waals surface area contributed by atoms with Gasteiger partial charge in [0.1, 0.15) is 0 Å². The highest BCUT2D eigenvalue weighted by Crippen LogP contribution is 2.25. The summed E-state index contributed by atoms with van der Waals surface area (Å²) < 4.78 is 5.40. The van der Waals surface area contributed by atoms with E-state index in [4.69, 9.17) is 21.9 Å². The number of carbonyl (C=O) groups excluding carboxylic acids is 2. The Hall–Kier alpha value is -2.45. The number of nitrogens with two attached hydrogens (primary N) is 1. The molecule has 2 amide bonds. The zero-order chi connectivity index (χ0) is 21.1. The number of aromatic nitrogens is 2. The van der Waals surface area contributed by atoms with Gasteiger partial charge < -0.3 is 15.2 Å². The summed E-state index contributed by atoms with van der Waals surface area (Å²) >= 11 is 5.92. The number of hydrogen-bond acceptors (Lipinski definition) is 6. The monoisotopic (exact) mass is 431 g/mol. The Bertz CT molecular complexity index is 884. The molecule has 8 nitrogen and oxygen atoms in total. The number of hydrogen-bond donors (Lipinski definition) is 1. The van der Waals surface area contributed by atoms with E-state index in [0.717, 1.165) is 31.5 Å². The first kappa shape index (κ1) is 20.8. The molecule has 2 aliphatic heterocycles. The molecule has 0 radical (unpaired) electrons. The van der Waals surface area contributed by atoms with E-state index in [1.165, 1.54) is 0 Å². The van der Waals surface area contributed by atoms with Crippen molar-refractivity contribution in [2.45, 2.75) is 32.2 Å². The molecule has 0 unspecified atom stereocenters. The minimum atomic E-state index is -0.254. The molecule has 0 saturated carbocycles. The molecule has 9 heteroatoms. The first-order valence-corrected chi connectivity index (χ1v) is 10.8. The van der Waals surface area contributed by atoms with Crippen LogP contribution in [-0.2, 0) is 16.1 Å². The quantitative estimate of drug-likeness (QED) is 0.778. The molecule has 1 aromatic heterocycles. The summed E-state index contributed by atoms with van der Waals surface area (Å²) in [6.45, 7) is 3.45. The summed E-state index contributed by atoms with van der Waals surface area (Å²) in [5.41, 5.74) is 6.24. The fourth-order valence-electron chi connectivity index (χ4n) is 4.21. The highest BCUT2D eigenvalue weighted by Gasteiger charge is 2.32. The lowest BCUT2D eigenvalue weighted by atomic mass is 9.92. The normalized spacial score (nSPS) is 19.2. The van der Waals surface area contributed by atoms with Gasteiger partial charge >= 0.3 is 0 Å². The van der Waals surface area contributed by atoms with Crippen molar-refractivity contribution in [3.63, 3.8) is 0 Å². The van der Waals surface area contributed by atoms with Gasteiger partial charge in [-0.1, -0.05) is 16.8 Å². The molecule has 2 saturated heterocycles. The van der Waals surface area contributed by atoms with Gasteiger partial charge in [0, 0.05) is 35.5 Å². The molecule has 160 valence electrons. The number of primary amides is 1. The van der Waals surface area contributed by atoms with Crippen LogP contribution < -0.4 is 5.73 Å². The zero-order valence-corrected chi connectivity index (χ0v) is 17.6. The topological polar surface area (TPSA) is 106 Å². The van der Waals surface area contributed by atoms with E-state index in [0.29, 0.717) is 49.2 Å². The zero-order valence-electron chi connectivity index (χ0n) is 16.8. The third kappa shape index (κ3) is 4.82. The van der Waals surface area contributed by atoms with Crippen LogP contribution in [0.15, 0.2) is 28.8 Å². The van der Waals surface area contributed by atoms with Crippen molar-refractivity contribution in [2.75, 3.05) is 26.2 Å². The van der Waals surface area contributed by atoms with E-state index in [1.54, 1.807) is 12.1 Å². The van der Waals surface area contributed by atoms with Gasteiger partial charge in [0.25, 0.3) is 0 Å². The van der Waals surface area contributed by atoms with Gasteiger partial charge in [-0.15, -0.1) is 0 Å². The smallest absolute Gasteiger partial charge is 0.241 e. The minimum absolute atomic E-state index is 0.0405. The van der Waals surface area contributed by atoms with Crippen LogP contribution in [-0.4, -0.2) is 57.9 Å². The van der Waals surface area contributed by atoms with Crippen molar-refractivity contribution in [1.82, 2.24) is 19.9 Å². The third-order valence-electron chi connectivity index (χ3n) is 6.08. The van der Waals surface area contributed by atoms with Gasteiger partial charge in [-0.25, -0.2) is 0 Å². The Labute approximate surface area is 180 Å². The van der Waals surface area contributed by atoms with E-state index < -0.39 is 0 Å². The molecule has 2 aliphatic rings. The van der Waals surface area contributed by atoms with Crippen molar-refractivity contribution < 1.29 is 14.1 Å². The minimum Gasteiger partial charge on any atom is -0.369 e. The second kappa shape index (κ2) is 9.14. The van der Waals surface area contributed by atoms with Crippen LogP contribution in [0.3, 0.4) is 0 Å². The predicted molar refractivity (Wildman–Crippen MR) is 111 cm³/mol. The summed E-state index contributed by atoms with van der Waals surface area (Å²) in [4.78, 5) is 32.7. The van der Waals surface area contributed by atoms with Crippen LogP contribution in [0.2, 0.25) is 5.02 Å². The molecule has 0 bridgehead atoms. The highest BCUT2D eigenvalue weighted by molar-refractivity contribution is 6.30.